The van der Waals surface area contributed by atoms with Crippen LogP contribution in [0.3, 0.4) is 0 Å². The Kier molecular flexibility index (Phi) is 11.2. The second kappa shape index (κ2) is 15.3. The highest BCUT2D eigenvalue weighted by Crippen LogP contribution is 2.39. The molecular weight excluding hydrogens is 657 g/mol. The molecule has 2 aromatic carbocycles. The molecule has 0 spiro atoms. The highest BCUT2D eigenvalue weighted by atomic mass is 35.5. The number of amides is 1. The molecule has 1 saturated carbocycles. The molecule has 1 unspecified atom stereocenters. The molecule has 252 valence electrons. The van der Waals surface area contributed by atoms with Crippen LogP contribution in [0, 0.1) is 5.92 Å². The third-order valence-corrected chi connectivity index (χ3v) is 11.4. The number of ketones is 1. The van der Waals surface area contributed by atoms with E-state index in [0.29, 0.717) is 59.1 Å². The molecule has 11 heteroatoms. The van der Waals surface area contributed by atoms with Crippen molar-refractivity contribution in [2.75, 3.05) is 38.1 Å². The third kappa shape index (κ3) is 7.41. The number of esters is 1. The van der Waals surface area contributed by atoms with E-state index in [4.69, 9.17) is 32.7 Å². The Hall–Kier alpha value is -2.53. The molecule has 2 aliphatic heterocycles. The zero-order valence-corrected chi connectivity index (χ0v) is 29.2. The second-order valence-corrected chi connectivity index (χ2v) is 14.5. The summed E-state index contributed by atoms with van der Waals surface area (Å²) in [5.74, 6) is -1.82. The van der Waals surface area contributed by atoms with Crippen LogP contribution in [0.2, 0.25) is 10.0 Å². The number of thiophene rings is 1. The summed E-state index contributed by atoms with van der Waals surface area (Å²) in [4.78, 5) is 44.9. The molecule has 1 N–H and O–H groups in total. The third-order valence-electron chi connectivity index (χ3n) is 9.77. The molecule has 47 heavy (non-hydrogen) atoms. The first-order valence-corrected chi connectivity index (χ1v) is 18.6. The SMILES string of the molecule is CCOC(=O)[C@H]1CC[C@H](OC(C(=O)Cc2cc(Cl)c(NC(=O)c3csc4ccccc34)cc2Cl)(N2CCCCC2)N2CCCC2)CC1. The molecule has 1 aliphatic carbocycles. The number of hydrogen-bond donors (Lipinski definition) is 1. The summed E-state index contributed by atoms with van der Waals surface area (Å²) in [6.07, 6.45) is 7.77. The predicted octanol–water partition coefficient (Wildman–Crippen LogP) is 7.95. The van der Waals surface area contributed by atoms with Crippen molar-refractivity contribution in [3.8, 4) is 0 Å². The van der Waals surface area contributed by atoms with E-state index in [2.05, 4.69) is 15.1 Å². The van der Waals surface area contributed by atoms with E-state index in [9.17, 15) is 14.4 Å². The van der Waals surface area contributed by atoms with Crippen molar-refractivity contribution in [3.05, 3.63) is 63.0 Å². The quantitative estimate of drug-likeness (QED) is 0.203. The van der Waals surface area contributed by atoms with Gasteiger partial charge in [0.1, 0.15) is 0 Å². The van der Waals surface area contributed by atoms with Gasteiger partial charge in [0, 0.05) is 53.1 Å². The lowest BCUT2D eigenvalue weighted by molar-refractivity contribution is -0.258. The minimum absolute atomic E-state index is 0.0348. The Morgan fingerprint density at radius 1 is 0.915 bits per heavy atom. The molecule has 1 atom stereocenters. The van der Waals surface area contributed by atoms with Gasteiger partial charge < -0.3 is 14.8 Å². The Balaban J connectivity index is 1.24. The van der Waals surface area contributed by atoms with Crippen molar-refractivity contribution in [2.45, 2.75) is 83.1 Å². The zero-order chi connectivity index (χ0) is 33.0. The van der Waals surface area contributed by atoms with Crippen molar-refractivity contribution in [3.63, 3.8) is 0 Å². The topological polar surface area (TPSA) is 88.2 Å². The molecule has 2 saturated heterocycles. The van der Waals surface area contributed by atoms with Gasteiger partial charge in [-0.2, -0.15) is 0 Å². The fraction of sp³-hybridized carbons (Fsp3) is 0.528. The number of rotatable bonds is 11. The molecule has 1 aromatic heterocycles. The molecular formula is C36H43Cl2N3O5S. The minimum atomic E-state index is -1.22. The van der Waals surface area contributed by atoms with Crippen LogP contribution in [0.15, 0.2) is 41.8 Å². The number of ether oxygens (including phenoxy) is 2. The van der Waals surface area contributed by atoms with Gasteiger partial charge in [-0.3, -0.25) is 24.2 Å². The highest BCUT2D eigenvalue weighted by molar-refractivity contribution is 7.17. The van der Waals surface area contributed by atoms with Crippen LogP contribution in [0.4, 0.5) is 5.69 Å². The maximum absolute atomic E-state index is 14.8. The van der Waals surface area contributed by atoms with E-state index in [1.165, 1.54) is 11.3 Å². The predicted molar refractivity (Wildman–Crippen MR) is 187 cm³/mol. The summed E-state index contributed by atoms with van der Waals surface area (Å²) in [6, 6.07) is 11.1. The van der Waals surface area contributed by atoms with E-state index in [0.717, 1.165) is 68.4 Å². The van der Waals surface area contributed by atoms with Crippen LogP contribution in [0.5, 0.6) is 0 Å². The number of benzene rings is 2. The van der Waals surface area contributed by atoms with Gasteiger partial charge in [-0.05, 0) is 82.1 Å². The van der Waals surface area contributed by atoms with E-state index in [1.54, 1.807) is 12.1 Å². The largest absolute Gasteiger partial charge is 0.466 e. The van der Waals surface area contributed by atoms with Crippen LogP contribution >= 0.6 is 34.5 Å². The molecule has 3 aliphatic rings. The van der Waals surface area contributed by atoms with Crippen molar-refractivity contribution in [1.29, 1.82) is 0 Å². The van der Waals surface area contributed by atoms with Gasteiger partial charge in [-0.25, -0.2) is 0 Å². The van der Waals surface area contributed by atoms with Crippen LogP contribution in [-0.4, -0.2) is 72.2 Å². The lowest BCUT2D eigenvalue weighted by Crippen LogP contribution is -2.68. The Morgan fingerprint density at radius 2 is 1.57 bits per heavy atom. The molecule has 3 fully saturated rings. The fourth-order valence-electron chi connectivity index (χ4n) is 7.34. The normalized spacial score (nSPS) is 22.2. The summed E-state index contributed by atoms with van der Waals surface area (Å²) in [5.41, 5.74) is 1.56. The number of hydrogen-bond acceptors (Lipinski definition) is 8. The maximum atomic E-state index is 14.8. The molecule has 0 radical (unpaired) electrons. The van der Waals surface area contributed by atoms with E-state index < -0.39 is 5.85 Å². The van der Waals surface area contributed by atoms with E-state index >= 15 is 0 Å². The molecule has 3 aromatic rings. The van der Waals surface area contributed by atoms with E-state index in [1.807, 2.05) is 36.6 Å². The van der Waals surface area contributed by atoms with Gasteiger partial charge in [0.05, 0.1) is 34.9 Å². The Morgan fingerprint density at radius 3 is 2.26 bits per heavy atom. The van der Waals surface area contributed by atoms with Crippen LogP contribution < -0.4 is 5.32 Å². The van der Waals surface area contributed by atoms with Gasteiger partial charge >= 0.3 is 5.97 Å². The number of Topliss-reactive ketones (excluding diaryl/α,β-unsaturated/α-hetero) is 1. The van der Waals surface area contributed by atoms with Gasteiger partial charge in [0.15, 0.2) is 5.78 Å². The smallest absolute Gasteiger partial charge is 0.308 e. The number of nitrogens with zero attached hydrogens (tertiary/aromatic N) is 2. The molecule has 1 amide bonds. The van der Waals surface area contributed by atoms with Gasteiger partial charge in [0.25, 0.3) is 5.91 Å². The number of fused-ring (bicyclic) bond motifs is 1. The zero-order valence-electron chi connectivity index (χ0n) is 26.9. The number of likely N-dealkylation sites (tertiary alicyclic amines) is 2. The molecule has 6 rings (SSSR count). The first-order chi connectivity index (χ1) is 22.8. The average molecular weight is 701 g/mol. The summed E-state index contributed by atoms with van der Waals surface area (Å²) in [7, 11) is 0. The number of piperidine rings is 1. The lowest BCUT2D eigenvalue weighted by atomic mass is 9.87. The Bertz CT molecular complexity index is 1590. The average Bonchev–Trinajstić information content (AvgIpc) is 3.78. The number of carbonyl (C=O) groups excluding carboxylic acids is 3. The maximum Gasteiger partial charge on any atom is 0.308 e. The number of halogens is 2. The summed E-state index contributed by atoms with van der Waals surface area (Å²) in [5, 5.41) is 6.31. The highest BCUT2D eigenvalue weighted by Gasteiger charge is 2.52. The summed E-state index contributed by atoms with van der Waals surface area (Å²) >= 11 is 15.1. The number of nitrogens with one attached hydrogen (secondary N) is 1. The Labute approximate surface area is 290 Å². The van der Waals surface area contributed by atoms with Crippen LogP contribution in [-0.2, 0) is 25.5 Å². The fourth-order valence-corrected chi connectivity index (χ4v) is 8.75. The van der Waals surface area contributed by atoms with Gasteiger partial charge in [-0.15, -0.1) is 11.3 Å². The molecule has 3 heterocycles. The van der Waals surface area contributed by atoms with E-state index in [-0.39, 0.29) is 36.1 Å². The molecule has 8 nitrogen and oxygen atoms in total. The molecule has 0 bridgehead atoms. The minimum Gasteiger partial charge on any atom is -0.466 e. The van der Waals surface area contributed by atoms with Gasteiger partial charge in [0.2, 0.25) is 5.85 Å². The number of anilines is 1. The summed E-state index contributed by atoms with van der Waals surface area (Å²) < 4.78 is 13.4. The van der Waals surface area contributed by atoms with Crippen molar-refractivity contribution in [2.24, 2.45) is 5.92 Å². The van der Waals surface area contributed by atoms with Crippen molar-refractivity contribution < 1.29 is 23.9 Å². The number of carbonyl (C=O) groups is 3. The first-order valence-electron chi connectivity index (χ1n) is 16.9. The van der Waals surface area contributed by atoms with Gasteiger partial charge in [-0.1, -0.05) is 47.8 Å². The van der Waals surface area contributed by atoms with Crippen molar-refractivity contribution in [1.82, 2.24) is 9.80 Å². The van der Waals surface area contributed by atoms with Crippen LogP contribution in [0.1, 0.15) is 80.6 Å². The van der Waals surface area contributed by atoms with Crippen LogP contribution in [0.25, 0.3) is 10.1 Å². The lowest BCUT2D eigenvalue weighted by Gasteiger charge is -2.51. The first kappa shape index (κ1) is 34.3. The second-order valence-electron chi connectivity index (χ2n) is 12.8. The standard InChI is InChI=1S/C36H43Cl2N3O5S/c1-2-45-35(44)24-12-14-26(15-13-24)46-36(41-18-8-9-19-41,40-16-6-3-7-17-40)33(42)21-25-20-30(38)31(22-29(25)37)39-34(43)28-23-47-32-11-5-4-10-27(28)32/h4-5,10-11,20,22-24,26H,2-3,6-9,12-19,21H2,1H3,(H,39,43)/t24-,26-,36?. The van der Waals surface area contributed by atoms with Crippen molar-refractivity contribution >= 4 is 68.0 Å². The summed E-state index contributed by atoms with van der Waals surface area (Å²) in [6.45, 7) is 5.31. The monoisotopic (exact) mass is 699 g/mol.